The lowest BCUT2D eigenvalue weighted by molar-refractivity contribution is 0.526. The summed E-state index contributed by atoms with van der Waals surface area (Å²) in [6.45, 7) is 7.68. The molecule has 0 atom stereocenters. The number of nitrogens with one attached hydrogen (secondary N) is 1. The molecule has 17 heavy (non-hydrogen) atoms. The highest BCUT2D eigenvalue weighted by atomic mass is 32.1. The van der Waals surface area contributed by atoms with Crippen LogP contribution in [0.1, 0.15) is 55.1 Å². The standard InChI is InChI=1S/C14H24N2S/c1-10(2)8-14-16-11(3)13(17-14)9-15-12-6-4-5-7-12/h10,12,15H,4-9H2,1-3H3. The molecule has 2 nitrogen and oxygen atoms in total. The Morgan fingerprint density at radius 3 is 2.71 bits per heavy atom. The van der Waals surface area contributed by atoms with Crippen molar-refractivity contribution in [2.45, 2.75) is 65.5 Å². The van der Waals surface area contributed by atoms with Crippen molar-refractivity contribution >= 4 is 11.3 Å². The van der Waals surface area contributed by atoms with Gasteiger partial charge in [-0.2, -0.15) is 0 Å². The maximum absolute atomic E-state index is 4.67. The van der Waals surface area contributed by atoms with Gasteiger partial charge in [-0.05, 0) is 25.7 Å². The van der Waals surface area contributed by atoms with Crippen LogP contribution in [0, 0.1) is 12.8 Å². The van der Waals surface area contributed by atoms with E-state index in [1.54, 1.807) is 0 Å². The lowest BCUT2D eigenvalue weighted by Gasteiger charge is -2.10. The fourth-order valence-corrected chi connectivity index (χ4v) is 3.69. The monoisotopic (exact) mass is 252 g/mol. The number of hydrogen-bond acceptors (Lipinski definition) is 3. The molecular weight excluding hydrogens is 228 g/mol. The summed E-state index contributed by atoms with van der Waals surface area (Å²) >= 11 is 1.90. The van der Waals surface area contributed by atoms with Crippen LogP contribution < -0.4 is 5.32 Å². The number of hydrogen-bond donors (Lipinski definition) is 1. The van der Waals surface area contributed by atoms with Gasteiger partial charge in [0.25, 0.3) is 0 Å². The third-order valence-corrected chi connectivity index (χ3v) is 4.61. The minimum atomic E-state index is 0.705. The molecule has 1 N–H and O–H groups in total. The van der Waals surface area contributed by atoms with Crippen molar-refractivity contribution in [3.05, 3.63) is 15.6 Å². The highest BCUT2D eigenvalue weighted by Crippen LogP contribution is 2.22. The SMILES string of the molecule is Cc1nc(CC(C)C)sc1CNC1CCCC1. The van der Waals surface area contributed by atoms with E-state index in [1.165, 1.54) is 41.3 Å². The van der Waals surface area contributed by atoms with Gasteiger partial charge >= 0.3 is 0 Å². The van der Waals surface area contributed by atoms with Gasteiger partial charge in [0.15, 0.2) is 0 Å². The van der Waals surface area contributed by atoms with Gasteiger partial charge < -0.3 is 5.32 Å². The summed E-state index contributed by atoms with van der Waals surface area (Å²) in [5.74, 6) is 0.705. The molecule has 96 valence electrons. The molecule has 0 aromatic carbocycles. The van der Waals surface area contributed by atoms with Crippen LogP contribution in [0.5, 0.6) is 0 Å². The molecule has 2 rings (SSSR count). The van der Waals surface area contributed by atoms with Gasteiger partial charge in [0.05, 0.1) is 10.7 Å². The summed E-state index contributed by atoms with van der Waals surface area (Å²) in [4.78, 5) is 6.11. The second kappa shape index (κ2) is 5.96. The molecule has 1 aliphatic carbocycles. The molecule has 1 fully saturated rings. The Kier molecular flexibility index (Phi) is 4.57. The predicted molar refractivity (Wildman–Crippen MR) is 74.5 cm³/mol. The van der Waals surface area contributed by atoms with Crippen LogP contribution in [0.25, 0.3) is 0 Å². The Balaban J connectivity index is 1.88. The maximum atomic E-state index is 4.67. The Morgan fingerprint density at radius 1 is 1.35 bits per heavy atom. The summed E-state index contributed by atoms with van der Waals surface area (Å²) in [7, 11) is 0. The highest BCUT2D eigenvalue weighted by Gasteiger charge is 2.15. The molecule has 0 radical (unpaired) electrons. The third-order valence-electron chi connectivity index (χ3n) is 3.43. The second-order valence-electron chi connectivity index (χ2n) is 5.58. The topological polar surface area (TPSA) is 24.9 Å². The van der Waals surface area contributed by atoms with E-state index < -0.39 is 0 Å². The Labute approximate surface area is 109 Å². The van der Waals surface area contributed by atoms with Gasteiger partial charge in [-0.1, -0.05) is 26.7 Å². The van der Waals surface area contributed by atoms with E-state index in [0.29, 0.717) is 5.92 Å². The maximum Gasteiger partial charge on any atom is 0.0934 e. The normalized spacial score (nSPS) is 17.2. The van der Waals surface area contributed by atoms with Gasteiger partial charge in [-0.15, -0.1) is 11.3 Å². The number of aromatic nitrogens is 1. The average molecular weight is 252 g/mol. The molecule has 1 aromatic rings. The van der Waals surface area contributed by atoms with Gasteiger partial charge in [-0.3, -0.25) is 0 Å². The third kappa shape index (κ3) is 3.78. The number of nitrogens with zero attached hydrogens (tertiary/aromatic N) is 1. The van der Waals surface area contributed by atoms with Crippen molar-refractivity contribution in [3.8, 4) is 0 Å². The van der Waals surface area contributed by atoms with E-state index in [0.717, 1.165) is 19.0 Å². The summed E-state index contributed by atoms with van der Waals surface area (Å²) in [5.41, 5.74) is 1.23. The summed E-state index contributed by atoms with van der Waals surface area (Å²) in [6.07, 6.45) is 6.64. The van der Waals surface area contributed by atoms with E-state index in [4.69, 9.17) is 0 Å². The predicted octanol–water partition coefficient (Wildman–Crippen LogP) is 3.68. The second-order valence-corrected chi connectivity index (χ2v) is 6.74. The fraction of sp³-hybridized carbons (Fsp3) is 0.786. The van der Waals surface area contributed by atoms with Crippen molar-refractivity contribution < 1.29 is 0 Å². The first-order valence-electron chi connectivity index (χ1n) is 6.83. The van der Waals surface area contributed by atoms with Gasteiger partial charge in [0.1, 0.15) is 0 Å². The lowest BCUT2D eigenvalue weighted by Crippen LogP contribution is -2.25. The van der Waals surface area contributed by atoms with Crippen LogP contribution in [0.3, 0.4) is 0 Å². The summed E-state index contributed by atoms with van der Waals surface area (Å²) in [5, 5.41) is 4.98. The first-order valence-corrected chi connectivity index (χ1v) is 7.65. The molecule has 0 saturated heterocycles. The molecule has 1 saturated carbocycles. The Morgan fingerprint density at radius 2 is 2.06 bits per heavy atom. The molecule has 0 bridgehead atoms. The molecule has 3 heteroatoms. The minimum Gasteiger partial charge on any atom is -0.309 e. The Hall–Kier alpha value is -0.410. The number of thiazole rings is 1. The zero-order chi connectivity index (χ0) is 12.3. The summed E-state index contributed by atoms with van der Waals surface area (Å²) in [6, 6.07) is 0.755. The highest BCUT2D eigenvalue weighted by molar-refractivity contribution is 7.11. The Bertz CT molecular complexity index is 351. The zero-order valence-electron chi connectivity index (χ0n) is 11.3. The van der Waals surface area contributed by atoms with Crippen molar-refractivity contribution in [1.29, 1.82) is 0 Å². The van der Waals surface area contributed by atoms with Crippen molar-refractivity contribution in [2.75, 3.05) is 0 Å². The van der Waals surface area contributed by atoms with Crippen LogP contribution >= 0.6 is 11.3 Å². The number of aryl methyl sites for hydroxylation is 1. The molecule has 0 unspecified atom stereocenters. The zero-order valence-corrected chi connectivity index (χ0v) is 12.1. The van der Waals surface area contributed by atoms with Crippen LogP contribution in [-0.4, -0.2) is 11.0 Å². The van der Waals surface area contributed by atoms with Gasteiger partial charge in [-0.25, -0.2) is 4.98 Å². The van der Waals surface area contributed by atoms with Crippen molar-refractivity contribution in [3.63, 3.8) is 0 Å². The van der Waals surface area contributed by atoms with E-state index in [-0.39, 0.29) is 0 Å². The molecular formula is C14H24N2S. The van der Waals surface area contributed by atoms with Gasteiger partial charge in [0.2, 0.25) is 0 Å². The molecule has 1 aliphatic rings. The molecule has 0 amide bonds. The average Bonchev–Trinajstić information content (AvgIpc) is 2.84. The first-order chi connectivity index (χ1) is 8.15. The van der Waals surface area contributed by atoms with Crippen LogP contribution in [0.2, 0.25) is 0 Å². The smallest absolute Gasteiger partial charge is 0.0934 e. The van der Waals surface area contributed by atoms with Crippen LogP contribution in [-0.2, 0) is 13.0 Å². The quantitative estimate of drug-likeness (QED) is 0.864. The van der Waals surface area contributed by atoms with Crippen LogP contribution in [0.4, 0.5) is 0 Å². The minimum absolute atomic E-state index is 0.705. The van der Waals surface area contributed by atoms with Crippen LogP contribution in [0.15, 0.2) is 0 Å². The van der Waals surface area contributed by atoms with E-state index in [9.17, 15) is 0 Å². The van der Waals surface area contributed by atoms with Gasteiger partial charge in [0, 0.05) is 23.9 Å². The summed E-state index contributed by atoms with van der Waals surface area (Å²) < 4.78 is 0. The first kappa shape index (κ1) is 13.0. The molecule has 0 spiro atoms. The van der Waals surface area contributed by atoms with E-state index in [2.05, 4.69) is 31.1 Å². The van der Waals surface area contributed by atoms with Crippen molar-refractivity contribution in [2.24, 2.45) is 5.92 Å². The molecule has 1 heterocycles. The lowest BCUT2D eigenvalue weighted by atomic mass is 10.1. The molecule has 0 aliphatic heterocycles. The van der Waals surface area contributed by atoms with E-state index >= 15 is 0 Å². The molecule has 1 aromatic heterocycles. The largest absolute Gasteiger partial charge is 0.309 e. The van der Waals surface area contributed by atoms with E-state index in [1.807, 2.05) is 11.3 Å². The number of rotatable bonds is 5. The van der Waals surface area contributed by atoms with Crippen molar-refractivity contribution in [1.82, 2.24) is 10.3 Å². The fourth-order valence-electron chi connectivity index (χ4n) is 2.46.